The predicted molar refractivity (Wildman–Crippen MR) is 106 cm³/mol. The number of anilines is 1. The fourth-order valence-electron chi connectivity index (χ4n) is 3.57. The van der Waals surface area contributed by atoms with E-state index in [1.165, 1.54) is 16.2 Å². The number of fused-ring (bicyclic) bond motifs is 3. The van der Waals surface area contributed by atoms with Gasteiger partial charge in [0.1, 0.15) is 21.9 Å². The van der Waals surface area contributed by atoms with Gasteiger partial charge >= 0.3 is 0 Å². The van der Waals surface area contributed by atoms with Crippen molar-refractivity contribution in [2.75, 3.05) is 12.4 Å². The van der Waals surface area contributed by atoms with Crippen LogP contribution in [0.5, 0.6) is 11.5 Å². The van der Waals surface area contributed by atoms with Gasteiger partial charge in [-0.2, -0.15) is 0 Å². The number of aromatic nitrogens is 1. The van der Waals surface area contributed by atoms with Gasteiger partial charge in [-0.3, -0.25) is 9.59 Å². The van der Waals surface area contributed by atoms with Gasteiger partial charge in [-0.1, -0.05) is 6.92 Å². The molecule has 0 bridgehead atoms. The maximum atomic E-state index is 12.7. The molecule has 3 N–H and O–H groups in total. The number of benzene rings is 1. The number of aromatic amines is 1. The molecule has 3 aromatic rings. The third-order valence-electron chi connectivity index (χ3n) is 5.01. The molecule has 0 unspecified atom stereocenters. The highest BCUT2D eigenvalue weighted by atomic mass is 32.1. The molecule has 1 atom stereocenters. The topological polar surface area (TPSA) is 91.4 Å². The summed E-state index contributed by atoms with van der Waals surface area (Å²) in [6.45, 7) is 2.20. The summed E-state index contributed by atoms with van der Waals surface area (Å²) < 4.78 is 5.09. The third kappa shape index (κ3) is 3.08. The molecule has 27 heavy (non-hydrogen) atoms. The fourth-order valence-corrected chi connectivity index (χ4v) is 4.97. The van der Waals surface area contributed by atoms with Crippen molar-refractivity contribution in [2.45, 2.75) is 26.2 Å². The molecule has 0 radical (unpaired) electrons. The minimum Gasteiger partial charge on any atom is -0.506 e. The number of carbonyl (C=O) groups excluding carboxylic acids is 1. The molecule has 2 aromatic heterocycles. The summed E-state index contributed by atoms with van der Waals surface area (Å²) in [5.74, 6) is 0.378. The molecule has 0 saturated carbocycles. The highest BCUT2D eigenvalue weighted by molar-refractivity contribution is 7.18. The fraction of sp³-hybridized carbons (Fsp3) is 0.300. The number of H-pyrrole nitrogens is 1. The van der Waals surface area contributed by atoms with Crippen LogP contribution in [0.1, 0.15) is 34.1 Å². The van der Waals surface area contributed by atoms with E-state index in [4.69, 9.17) is 4.74 Å². The van der Waals surface area contributed by atoms with Crippen molar-refractivity contribution in [1.29, 1.82) is 0 Å². The van der Waals surface area contributed by atoms with E-state index in [9.17, 15) is 14.7 Å². The van der Waals surface area contributed by atoms with Crippen molar-refractivity contribution >= 4 is 33.1 Å². The Kier molecular flexibility index (Phi) is 4.39. The minimum atomic E-state index is -0.634. The van der Waals surface area contributed by atoms with Crippen LogP contribution in [0, 0.1) is 5.92 Å². The van der Waals surface area contributed by atoms with Crippen LogP contribution in [0.25, 0.3) is 10.2 Å². The van der Waals surface area contributed by atoms with Crippen molar-refractivity contribution in [3.8, 4) is 11.5 Å². The van der Waals surface area contributed by atoms with Crippen LogP contribution < -0.4 is 15.6 Å². The van der Waals surface area contributed by atoms with Crippen LogP contribution in [-0.4, -0.2) is 23.1 Å². The van der Waals surface area contributed by atoms with Gasteiger partial charge in [-0.15, -0.1) is 11.3 Å². The van der Waals surface area contributed by atoms with Crippen molar-refractivity contribution < 1.29 is 14.6 Å². The van der Waals surface area contributed by atoms with E-state index in [2.05, 4.69) is 17.2 Å². The zero-order valence-electron chi connectivity index (χ0n) is 15.1. The first-order valence-electron chi connectivity index (χ1n) is 8.82. The van der Waals surface area contributed by atoms with E-state index in [0.29, 0.717) is 27.6 Å². The second-order valence-electron chi connectivity index (χ2n) is 6.92. The van der Waals surface area contributed by atoms with Gasteiger partial charge in [0, 0.05) is 10.6 Å². The highest BCUT2D eigenvalue weighted by Gasteiger charge is 2.27. The summed E-state index contributed by atoms with van der Waals surface area (Å²) in [4.78, 5) is 29.7. The normalized spacial score (nSPS) is 16.1. The third-order valence-corrected chi connectivity index (χ3v) is 6.18. The Bertz CT molecular complexity index is 1080. The lowest BCUT2D eigenvalue weighted by molar-refractivity contribution is 0.102. The summed E-state index contributed by atoms with van der Waals surface area (Å²) in [6.07, 6.45) is 2.81. The van der Waals surface area contributed by atoms with Crippen LogP contribution in [0.15, 0.2) is 29.1 Å². The number of hydrogen-bond acceptors (Lipinski definition) is 5. The van der Waals surface area contributed by atoms with E-state index in [1.807, 2.05) is 0 Å². The number of ether oxygens (including phenoxy) is 1. The highest BCUT2D eigenvalue weighted by Crippen LogP contribution is 2.41. The quantitative estimate of drug-likeness (QED) is 0.642. The number of thiophene rings is 1. The molecule has 1 aromatic carbocycles. The number of hydrogen-bond donors (Lipinski definition) is 3. The van der Waals surface area contributed by atoms with Gasteiger partial charge < -0.3 is 20.1 Å². The Labute approximate surface area is 159 Å². The number of amides is 1. The smallest absolute Gasteiger partial charge is 0.265 e. The lowest BCUT2D eigenvalue weighted by Crippen LogP contribution is -2.23. The van der Waals surface area contributed by atoms with Crippen LogP contribution in [-0.2, 0) is 12.8 Å². The average Bonchev–Trinajstić information content (AvgIpc) is 2.99. The molecule has 0 saturated heterocycles. The van der Waals surface area contributed by atoms with Crippen molar-refractivity contribution in [1.82, 2.24) is 4.98 Å². The van der Waals surface area contributed by atoms with Crippen LogP contribution in [0.3, 0.4) is 0 Å². The Morgan fingerprint density at radius 3 is 2.78 bits per heavy atom. The zero-order chi connectivity index (χ0) is 19.1. The van der Waals surface area contributed by atoms with Crippen molar-refractivity contribution in [2.24, 2.45) is 5.92 Å². The zero-order valence-corrected chi connectivity index (χ0v) is 15.9. The van der Waals surface area contributed by atoms with E-state index in [0.717, 1.165) is 24.8 Å². The lowest BCUT2D eigenvalue weighted by Gasteiger charge is -2.18. The van der Waals surface area contributed by atoms with Crippen molar-refractivity contribution in [3.05, 3.63) is 50.6 Å². The number of pyridine rings is 1. The van der Waals surface area contributed by atoms with Gasteiger partial charge in [-0.25, -0.2) is 0 Å². The molecule has 140 valence electrons. The molecule has 1 aliphatic rings. The average molecular weight is 384 g/mol. The maximum absolute atomic E-state index is 12.7. The molecule has 6 nitrogen and oxygen atoms in total. The lowest BCUT2D eigenvalue weighted by atomic mass is 9.89. The summed E-state index contributed by atoms with van der Waals surface area (Å²) in [7, 11) is 1.56. The Hall–Kier alpha value is -2.80. The van der Waals surface area contributed by atoms with Gasteiger partial charge in [-0.05, 0) is 55.0 Å². The van der Waals surface area contributed by atoms with Crippen molar-refractivity contribution in [3.63, 3.8) is 0 Å². The first kappa shape index (κ1) is 17.6. The van der Waals surface area contributed by atoms with E-state index in [-0.39, 0.29) is 11.3 Å². The predicted octanol–water partition coefficient (Wildman–Crippen LogP) is 3.68. The SMILES string of the molecule is COc1ccc(NC(=O)c2c(O)c3c4c(sc3[nH]c2=O)C[C@H](C)CC4)cc1. The largest absolute Gasteiger partial charge is 0.506 e. The Morgan fingerprint density at radius 2 is 2.07 bits per heavy atom. The molecular weight excluding hydrogens is 364 g/mol. The monoisotopic (exact) mass is 384 g/mol. The van der Waals surface area contributed by atoms with Gasteiger partial charge in [0.25, 0.3) is 11.5 Å². The number of aromatic hydroxyl groups is 1. The van der Waals surface area contributed by atoms with Gasteiger partial charge in [0.2, 0.25) is 0 Å². The number of aryl methyl sites for hydroxylation is 1. The molecule has 1 aliphatic carbocycles. The summed E-state index contributed by atoms with van der Waals surface area (Å²) in [6, 6.07) is 6.77. The second kappa shape index (κ2) is 6.74. The molecule has 4 rings (SSSR count). The summed E-state index contributed by atoms with van der Waals surface area (Å²) in [5, 5.41) is 14.1. The molecule has 0 spiro atoms. The first-order valence-corrected chi connectivity index (χ1v) is 9.64. The number of carbonyl (C=O) groups is 1. The molecule has 1 amide bonds. The van der Waals surface area contributed by atoms with E-state index >= 15 is 0 Å². The molecule has 0 aliphatic heterocycles. The first-order chi connectivity index (χ1) is 13.0. The Balaban J connectivity index is 1.74. The standard InChI is InChI=1S/C20H20N2O4S/c1-10-3-8-13-14(9-10)27-20-15(13)17(23)16(19(25)22-20)18(24)21-11-4-6-12(26-2)7-5-11/h4-7,10H,3,8-9H2,1-2H3,(H,21,24)(H2,22,23,25)/t10-/m1/s1. The maximum Gasteiger partial charge on any atom is 0.265 e. The van der Waals surface area contributed by atoms with Crippen LogP contribution in [0.4, 0.5) is 5.69 Å². The van der Waals surface area contributed by atoms with Crippen LogP contribution in [0.2, 0.25) is 0 Å². The van der Waals surface area contributed by atoms with Gasteiger partial charge in [0.05, 0.1) is 12.5 Å². The summed E-state index contributed by atoms with van der Waals surface area (Å²) in [5.41, 5.74) is 0.733. The summed E-state index contributed by atoms with van der Waals surface area (Å²) >= 11 is 1.50. The Morgan fingerprint density at radius 1 is 1.33 bits per heavy atom. The van der Waals surface area contributed by atoms with Gasteiger partial charge in [0.15, 0.2) is 0 Å². The van der Waals surface area contributed by atoms with E-state index in [1.54, 1.807) is 31.4 Å². The van der Waals surface area contributed by atoms with E-state index < -0.39 is 11.5 Å². The molecule has 2 heterocycles. The minimum absolute atomic E-state index is 0.230. The number of nitrogens with one attached hydrogen (secondary N) is 2. The molecule has 7 heteroatoms. The second-order valence-corrected chi connectivity index (χ2v) is 8.02. The molecule has 0 fully saturated rings. The number of methoxy groups -OCH3 is 1. The van der Waals surface area contributed by atoms with Crippen LogP contribution >= 0.6 is 11.3 Å². The molecular formula is C20H20N2O4S. The number of rotatable bonds is 3.